The second-order valence-electron chi connectivity index (χ2n) is 6.70. The number of nitrogens with zero attached hydrogens (tertiary/aromatic N) is 3. The number of nitrogens with one attached hydrogen (secondary N) is 1. The number of halogens is 1. The predicted octanol–water partition coefficient (Wildman–Crippen LogP) is 4.02. The summed E-state index contributed by atoms with van der Waals surface area (Å²) in [6, 6.07) is 16.6. The number of aryl methyl sites for hydroxylation is 1. The molecule has 0 atom stereocenters. The van der Waals surface area contributed by atoms with Gasteiger partial charge in [0.25, 0.3) is 5.56 Å². The highest BCUT2D eigenvalue weighted by molar-refractivity contribution is 6.30. The van der Waals surface area contributed by atoms with Crippen molar-refractivity contribution in [2.24, 2.45) is 0 Å². The molecule has 0 saturated carbocycles. The van der Waals surface area contributed by atoms with Crippen LogP contribution < -0.4 is 10.9 Å². The minimum Gasteiger partial charge on any atom is -0.325 e. The highest BCUT2D eigenvalue weighted by atomic mass is 35.5. The summed E-state index contributed by atoms with van der Waals surface area (Å²) in [6.45, 7) is 1.98. The minimum atomic E-state index is -0.280. The Balaban J connectivity index is 1.57. The van der Waals surface area contributed by atoms with Gasteiger partial charge in [0.1, 0.15) is 12.1 Å². The fraction of sp³-hybridized carbons (Fsp3) is 0.136. The molecule has 6 nitrogen and oxygen atoms in total. The van der Waals surface area contributed by atoms with Crippen molar-refractivity contribution in [3.8, 4) is 11.3 Å². The van der Waals surface area contributed by atoms with E-state index in [1.807, 2.05) is 36.4 Å². The molecule has 29 heavy (non-hydrogen) atoms. The van der Waals surface area contributed by atoms with Crippen LogP contribution in [0.15, 0.2) is 71.8 Å². The second kappa shape index (κ2) is 7.93. The lowest BCUT2D eigenvalue weighted by molar-refractivity contribution is -0.116. The second-order valence-corrected chi connectivity index (χ2v) is 7.14. The molecule has 0 unspecified atom stereocenters. The van der Waals surface area contributed by atoms with E-state index in [2.05, 4.69) is 17.3 Å². The Bertz CT molecular complexity index is 1240. The molecule has 2 aromatic carbocycles. The maximum Gasteiger partial charge on any atom is 0.277 e. The van der Waals surface area contributed by atoms with Crippen molar-refractivity contribution in [1.82, 2.24) is 14.2 Å². The summed E-state index contributed by atoms with van der Waals surface area (Å²) in [6.07, 6.45) is 4.12. The van der Waals surface area contributed by atoms with Crippen LogP contribution in [-0.2, 0) is 17.8 Å². The Morgan fingerprint density at radius 2 is 1.90 bits per heavy atom. The van der Waals surface area contributed by atoms with E-state index in [1.165, 1.54) is 9.08 Å². The molecule has 2 heterocycles. The Hall–Kier alpha value is -3.38. The molecule has 4 rings (SSSR count). The molecule has 0 aliphatic rings. The number of benzene rings is 2. The highest BCUT2D eigenvalue weighted by Crippen LogP contribution is 2.20. The van der Waals surface area contributed by atoms with Gasteiger partial charge < -0.3 is 9.88 Å². The number of fused-ring (bicyclic) bond motifs is 1. The van der Waals surface area contributed by atoms with Gasteiger partial charge in [0.05, 0.1) is 5.69 Å². The first-order chi connectivity index (χ1) is 14.0. The summed E-state index contributed by atoms with van der Waals surface area (Å²) < 4.78 is 2.90. The Kier molecular flexibility index (Phi) is 5.18. The molecule has 1 N–H and O–H groups in total. The van der Waals surface area contributed by atoms with Crippen molar-refractivity contribution in [2.45, 2.75) is 19.9 Å². The van der Waals surface area contributed by atoms with E-state index in [0.717, 1.165) is 23.2 Å². The fourth-order valence-electron chi connectivity index (χ4n) is 3.14. The summed E-state index contributed by atoms with van der Waals surface area (Å²) in [7, 11) is 0. The van der Waals surface area contributed by atoms with E-state index in [0.29, 0.717) is 16.2 Å². The lowest BCUT2D eigenvalue weighted by Gasteiger charge is -2.08. The van der Waals surface area contributed by atoms with Crippen molar-refractivity contribution in [3.05, 3.63) is 87.9 Å². The number of hydrogen-bond donors (Lipinski definition) is 1. The SMILES string of the molecule is CCc1cccc(NC(=O)Cn2ccn3nc(-c4ccc(Cl)cc4)cc3c2=O)c1. The zero-order valence-corrected chi connectivity index (χ0v) is 16.6. The zero-order chi connectivity index (χ0) is 20.4. The lowest BCUT2D eigenvalue weighted by atomic mass is 10.1. The molecule has 0 aliphatic carbocycles. The number of hydrogen-bond acceptors (Lipinski definition) is 3. The topological polar surface area (TPSA) is 68.4 Å². The van der Waals surface area contributed by atoms with Crippen LogP contribution in [-0.4, -0.2) is 20.1 Å². The highest BCUT2D eigenvalue weighted by Gasteiger charge is 2.11. The molecule has 2 aromatic heterocycles. The number of carbonyl (C=O) groups excluding carboxylic acids is 1. The zero-order valence-electron chi connectivity index (χ0n) is 15.8. The van der Waals surface area contributed by atoms with Crippen molar-refractivity contribution in [3.63, 3.8) is 0 Å². The van der Waals surface area contributed by atoms with E-state index in [4.69, 9.17) is 11.6 Å². The lowest BCUT2D eigenvalue weighted by Crippen LogP contribution is -2.28. The van der Waals surface area contributed by atoms with E-state index in [9.17, 15) is 9.59 Å². The third kappa shape index (κ3) is 4.07. The Labute approximate surface area is 172 Å². The summed E-state index contributed by atoms with van der Waals surface area (Å²) in [4.78, 5) is 25.2. The molecule has 1 amide bonds. The largest absolute Gasteiger partial charge is 0.325 e. The maximum atomic E-state index is 12.8. The van der Waals surface area contributed by atoms with Gasteiger partial charge in [0.2, 0.25) is 5.91 Å². The summed E-state index contributed by atoms with van der Waals surface area (Å²) >= 11 is 5.93. The smallest absolute Gasteiger partial charge is 0.277 e. The number of aromatic nitrogens is 3. The normalized spacial score (nSPS) is 11.0. The van der Waals surface area contributed by atoms with E-state index in [1.54, 1.807) is 30.6 Å². The molecular weight excluding hydrogens is 388 g/mol. The van der Waals surface area contributed by atoms with Gasteiger partial charge in [0, 0.05) is 28.7 Å². The molecule has 0 spiro atoms. The first kappa shape index (κ1) is 19.0. The third-order valence-electron chi connectivity index (χ3n) is 4.68. The van der Waals surface area contributed by atoms with Crippen molar-refractivity contribution in [2.75, 3.05) is 5.32 Å². The number of anilines is 1. The molecule has 0 fully saturated rings. The predicted molar refractivity (Wildman–Crippen MR) is 114 cm³/mol. The van der Waals surface area contributed by atoms with Gasteiger partial charge in [-0.3, -0.25) is 9.59 Å². The van der Waals surface area contributed by atoms with Crippen LogP contribution in [0.5, 0.6) is 0 Å². The fourth-order valence-corrected chi connectivity index (χ4v) is 3.26. The molecule has 4 aromatic rings. The quantitative estimate of drug-likeness (QED) is 0.544. The molecular formula is C22H19ClN4O2. The average Bonchev–Trinajstić information content (AvgIpc) is 3.16. The van der Waals surface area contributed by atoms with E-state index >= 15 is 0 Å². The van der Waals surface area contributed by atoms with Gasteiger partial charge in [-0.15, -0.1) is 0 Å². The molecule has 0 saturated heterocycles. The van der Waals surface area contributed by atoms with Gasteiger partial charge in [-0.05, 0) is 42.3 Å². The average molecular weight is 407 g/mol. The van der Waals surface area contributed by atoms with Crippen molar-refractivity contribution in [1.29, 1.82) is 0 Å². The summed E-state index contributed by atoms with van der Waals surface area (Å²) in [5.41, 5.74) is 3.50. The van der Waals surface area contributed by atoms with Gasteiger partial charge >= 0.3 is 0 Å². The van der Waals surface area contributed by atoms with E-state index in [-0.39, 0.29) is 18.0 Å². The van der Waals surface area contributed by atoms with Crippen LogP contribution >= 0.6 is 11.6 Å². The monoisotopic (exact) mass is 406 g/mol. The van der Waals surface area contributed by atoms with Crippen LogP contribution in [0.4, 0.5) is 5.69 Å². The van der Waals surface area contributed by atoms with Crippen molar-refractivity contribution >= 4 is 28.7 Å². The maximum absolute atomic E-state index is 12.8. The summed E-state index contributed by atoms with van der Waals surface area (Å²) in [5.74, 6) is -0.262. The summed E-state index contributed by atoms with van der Waals surface area (Å²) in [5, 5.41) is 7.92. The Morgan fingerprint density at radius 1 is 1.10 bits per heavy atom. The third-order valence-corrected chi connectivity index (χ3v) is 4.93. The van der Waals surface area contributed by atoms with Crippen molar-refractivity contribution < 1.29 is 4.79 Å². The molecule has 0 aliphatic heterocycles. The number of rotatable bonds is 5. The molecule has 0 radical (unpaired) electrons. The number of amides is 1. The van der Waals surface area contributed by atoms with Gasteiger partial charge in [-0.25, -0.2) is 4.52 Å². The Morgan fingerprint density at radius 3 is 2.66 bits per heavy atom. The minimum absolute atomic E-state index is 0.0762. The first-order valence-electron chi connectivity index (χ1n) is 9.27. The van der Waals surface area contributed by atoms with E-state index < -0.39 is 0 Å². The van der Waals surface area contributed by atoms with Crippen LogP contribution in [0.3, 0.4) is 0 Å². The molecule has 0 bridgehead atoms. The van der Waals surface area contributed by atoms with Crippen LogP contribution in [0.25, 0.3) is 16.8 Å². The van der Waals surface area contributed by atoms with Crippen LogP contribution in [0, 0.1) is 0 Å². The van der Waals surface area contributed by atoms with Gasteiger partial charge in [-0.2, -0.15) is 5.10 Å². The standard InChI is InChI=1S/C22H19ClN4O2/c1-2-15-4-3-5-18(12-15)24-21(28)14-26-10-11-27-20(22(26)29)13-19(25-27)16-6-8-17(23)9-7-16/h3-13H,2,14H2,1H3,(H,24,28). The van der Waals surface area contributed by atoms with Gasteiger partial charge in [0.15, 0.2) is 0 Å². The first-order valence-corrected chi connectivity index (χ1v) is 9.65. The van der Waals surface area contributed by atoms with Gasteiger partial charge in [-0.1, -0.05) is 42.8 Å². The van der Waals surface area contributed by atoms with Crippen LogP contribution in [0.2, 0.25) is 5.02 Å². The molecule has 146 valence electrons. The molecule has 7 heteroatoms. The number of carbonyl (C=O) groups is 1. The van der Waals surface area contributed by atoms with Crippen LogP contribution in [0.1, 0.15) is 12.5 Å².